The van der Waals surface area contributed by atoms with Crippen molar-refractivity contribution in [1.82, 2.24) is 14.8 Å². The van der Waals surface area contributed by atoms with E-state index in [1.165, 1.54) is 11.8 Å². The molecular weight excluding hydrogens is 519 g/mol. The predicted octanol–water partition coefficient (Wildman–Crippen LogP) is 6.08. The number of amides is 1. The third-order valence-corrected chi connectivity index (χ3v) is 6.27. The highest BCUT2D eigenvalue weighted by Gasteiger charge is 2.16. The minimum Gasteiger partial charge on any atom is -0.325 e. The summed E-state index contributed by atoms with van der Waals surface area (Å²) in [5.74, 6) is 1.31. The second-order valence-corrected chi connectivity index (χ2v) is 9.41. The lowest BCUT2D eigenvalue weighted by molar-refractivity contribution is -0.113. The van der Waals surface area contributed by atoms with E-state index in [-0.39, 0.29) is 11.7 Å². The molecule has 3 aromatic rings. The molecule has 5 nitrogen and oxygen atoms in total. The lowest BCUT2D eigenvalue weighted by atomic mass is 10.0. The fourth-order valence-electron chi connectivity index (χ4n) is 2.93. The number of benzene rings is 2. The summed E-state index contributed by atoms with van der Waals surface area (Å²) in [6, 6.07) is 13.6. The molecule has 0 saturated heterocycles. The Morgan fingerprint density at radius 1 is 1.21 bits per heavy atom. The Bertz CT molecular complexity index is 1000. The van der Waals surface area contributed by atoms with Gasteiger partial charge in [0.15, 0.2) is 11.0 Å². The number of nitrogens with one attached hydrogen (secondary N) is 1. The zero-order valence-corrected chi connectivity index (χ0v) is 20.2. The van der Waals surface area contributed by atoms with Crippen LogP contribution in [0, 0.1) is 3.57 Å². The maximum absolute atomic E-state index is 12.6. The van der Waals surface area contributed by atoms with Crippen molar-refractivity contribution in [3.8, 4) is 11.4 Å². The molecule has 29 heavy (non-hydrogen) atoms. The van der Waals surface area contributed by atoms with Crippen molar-refractivity contribution in [3.63, 3.8) is 0 Å². The van der Waals surface area contributed by atoms with E-state index in [1.54, 1.807) is 0 Å². The summed E-state index contributed by atoms with van der Waals surface area (Å²) in [5.41, 5.74) is 2.95. The average Bonchev–Trinajstić information content (AvgIpc) is 3.11. The molecule has 0 aliphatic carbocycles. The smallest absolute Gasteiger partial charge is 0.234 e. The first-order valence-corrected chi connectivity index (χ1v) is 11.7. The Labute approximate surface area is 193 Å². The molecule has 8 heteroatoms. The van der Waals surface area contributed by atoms with Crippen LogP contribution in [0.3, 0.4) is 0 Å². The van der Waals surface area contributed by atoms with Gasteiger partial charge in [0.05, 0.1) is 5.75 Å². The van der Waals surface area contributed by atoms with Crippen LogP contribution in [0.25, 0.3) is 11.4 Å². The van der Waals surface area contributed by atoms with Gasteiger partial charge >= 0.3 is 0 Å². The molecule has 1 amide bonds. The van der Waals surface area contributed by atoms with E-state index in [2.05, 4.69) is 58.0 Å². The molecule has 3 rings (SSSR count). The summed E-state index contributed by atoms with van der Waals surface area (Å²) in [6.07, 6.45) is 0. The lowest BCUT2D eigenvalue weighted by Crippen LogP contribution is -2.16. The molecule has 2 aromatic carbocycles. The summed E-state index contributed by atoms with van der Waals surface area (Å²) in [7, 11) is 0. The van der Waals surface area contributed by atoms with Gasteiger partial charge in [0.2, 0.25) is 5.91 Å². The fourth-order valence-corrected chi connectivity index (χ4v) is 4.38. The third-order valence-electron chi connectivity index (χ3n) is 4.38. The molecule has 1 N–H and O–H groups in total. The molecule has 1 heterocycles. The summed E-state index contributed by atoms with van der Waals surface area (Å²) in [6.45, 7) is 6.99. The normalized spacial score (nSPS) is 11.1. The zero-order valence-electron chi connectivity index (χ0n) is 16.4. The van der Waals surface area contributed by atoms with Crippen LogP contribution in [0.5, 0.6) is 0 Å². The summed E-state index contributed by atoms with van der Waals surface area (Å²) in [5, 5.41) is 13.0. The van der Waals surface area contributed by atoms with Gasteiger partial charge in [-0.15, -0.1) is 10.2 Å². The highest BCUT2D eigenvalue weighted by Crippen LogP contribution is 2.28. The minimum absolute atomic E-state index is 0.0585. The van der Waals surface area contributed by atoms with Crippen molar-refractivity contribution in [1.29, 1.82) is 0 Å². The SMILES string of the molecule is CCn1c(SCC(=O)Nc2ccc(I)cc2C(C)C)nnc1-c1ccc(Cl)cc1. The van der Waals surface area contributed by atoms with Crippen LogP contribution in [0.1, 0.15) is 32.3 Å². The number of thioether (sulfide) groups is 1. The quantitative estimate of drug-likeness (QED) is 0.292. The number of carbonyl (C=O) groups is 1. The second kappa shape index (κ2) is 9.95. The maximum atomic E-state index is 12.6. The zero-order chi connectivity index (χ0) is 21.0. The Morgan fingerprint density at radius 3 is 2.59 bits per heavy atom. The van der Waals surface area contributed by atoms with Crippen LogP contribution in [0.15, 0.2) is 47.6 Å². The van der Waals surface area contributed by atoms with Gasteiger partial charge in [-0.25, -0.2) is 0 Å². The first-order chi connectivity index (χ1) is 13.9. The molecular formula is C21H22ClIN4OS. The predicted molar refractivity (Wildman–Crippen MR) is 129 cm³/mol. The minimum atomic E-state index is -0.0585. The molecule has 0 radical (unpaired) electrons. The fraction of sp³-hybridized carbons (Fsp3) is 0.286. The topological polar surface area (TPSA) is 59.8 Å². The van der Waals surface area contributed by atoms with Gasteiger partial charge in [-0.2, -0.15) is 0 Å². The van der Waals surface area contributed by atoms with Crippen LogP contribution in [-0.4, -0.2) is 26.4 Å². The monoisotopic (exact) mass is 540 g/mol. The molecule has 0 saturated carbocycles. The Balaban J connectivity index is 1.70. The van der Waals surface area contributed by atoms with Crippen molar-refractivity contribution in [2.24, 2.45) is 0 Å². The van der Waals surface area contributed by atoms with Crippen molar-refractivity contribution in [2.45, 2.75) is 38.4 Å². The second-order valence-electron chi connectivity index (χ2n) is 6.78. The molecule has 0 aliphatic heterocycles. The third kappa shape index (κ3) is 5.52. The van der Waals surface area contributed by atoms with E-state index >= 15 is 0 Å². The molecule has 0 spiro atoms. The number of carbonyl (C=O) groups excluding carboxylic acids is 1. The summed E-state index contributed by atoms with van der Waals surface area (Å²) in [4.78, 5) is 12.6. The average molecular weight is 541 g/mol. The van der Waals surface area contributed by atoms with Crippen molar-refractivity contribution >= 4 is 57.5 Å². The van der Waals surface area contributed by atoms with Gasteiger partial charge in [0, 0.05) is 26.4 Å². The van der Waals surface area contributed by atoms with E-state index in [4.69, 9.17) is 11.6 Å². The Morgan fingerprint density at radius 2 is 1.93 bits per heavy atom. The van der Waals surface area contributed by atoms with Crippen LogP contribution in [0.2, 0.25) is 5.02 Å². The van der Waals surface area contributed by atoms with Crippen LogP contribution < -0.4 is 5.32 Å². The van der Waals surface area contributed by atoms with Crippen molar-refractivity contribution in [3.05, 3.63) is 56.6 Å². The Kier molecular flexibility index (Phi) is 7.59. The van der Waals surface area contributed by atoms with Crippen molar-refractivity contribution < 1.29 is 4.79 Å². The number of halogens is 2. The number of hydrogen-bond acceptors (Lipinski definition) is 4. The van der Waals surface area contributed by atoms with Gasteiger partial charge in [-0.3, -0.25) is 4.79 Å². The molecule has 152 valence electrons. The number of aromatic nitrogens is 3. The molecule has 1 aromatic heterocycles. The van der Waals surface area contributed by atoms with E-state index in [0.717, 1.165) is 31.4 Å². The van der Waals surface area contributed by atoms with Crippen molar-refractivity contribution in [2.75, 3.05) is 11.1 Å². The number of hydrogen-bond donors (Lipinski definition) is 1. The highest BCUT2D eigenvalue weighted by molar-refractivity contribution is 14.1. The molecule has 0 aliphatic rings. The van der Waals surface area contributed by atoms with E-state index < -0.39 is 0 Å². The molecule has 0 fully saturated rings. The summed E-state index contributed by atoms with van der Waals surface area (Å²) >= 11 is 9.65. The molecule has 0 unspecified atom stereocenters. The van der Waals surface area contributed by atoms with Crippen LogP contribution in [-0.2, 0) is 11.3 Å². The number of anilines is 1. The standard InChI is InChI=1S/C21H22ClIN4OS/c1-4-27-20(14-5-7-15(22)8-6-14)25-26-21(27)29-12-19(28)24-18-10-9-16(23)11-17(18)13(2)3/h5-11,13H,4,12H2,1-3H3,(H,24,28). The summed E-state index contributed by atoms with van der Waals surface area (Å²) < 4.78 is 3.16. The number of rotatable bonds is 7. The van der Waals surface area contributed by atoms with Gasteiger partial charge in [-0.05, 0) is 83.5 Å². The Hall–Kier alpha value is -1.58. The molecule has 0 atom stereocenters. The highest BCUT2D eigenvalue weighted by atomic mass is 127. The van der Waals surface area contributed by atoms with Gasteiger partial charge in [0.25, 0.3) is 0 Å². The van der Waals surface area contributed by atoms with E-state index in [9.17, 15) is 4.79 Å². The van der Waals surface area contributed by atoms with Gasteiger partial charge in [0.1, 0.15) is 0 Å². The van der Waals surface area contributed by atoms with Crippen LogP contribution in [0.4, 0.5) is 5.69 Å². The first kappa shape index (κ1) is 22.1. The van der Waals surface area contributed by atoms with E-state index in [0.29, 0.717) is 17.5 Å². The first-order valence-electron chi connectivity index (χ1n) is 9.30. The lowest BCUT2D eigenvalue weighted by Gasteiger charge is -2.14. The van der Waals surface area contributed by atoms with E-state index in [1.807, 2.05) is 47.9 Å². The number of nitrogens with zero attached hydrogens (tertiary/aromatic N) is 3. The maximum Gasteiger partial charge on any atom is 0.234 e. The van der Waals surface area contributed by atoms with Gasteiger partial charge < -0.3 is 9.88 Å². The van der Waals surface area contributed by atoms with Gasteiger partial charge in [-0.1, -0.05) is 37.2 Å². The molecule has 0 bridgehead atoms. The van der Waals surface area contributed by atoms with Crippen LogP contribution >= 0.6 is 46.0 Å². The largest absolute Gasteiger partial charge is 0.325 e.